The van der Waals surface area contributed by atoms with E-state index in [4.69, 9.17) is 0 Å². The zero-order valence-corrected chi connectivity index (χ0v) is 14.0. The van der Waals surface area contributed by atoms with Gasteiger partial charge in [-0.2, -0.15) is 0 Å². The van der Waals surface area contributed by atoms with Crippen LogP contribution in [0.5, 0.6) is 0 Å². The number of pyridine rings is 1. The molecule has 0 aliphatic rings. The number of nitrogens with zero attached hydrogens (tertiary/aromatic N) is 1. The molecule has 0 atom stereocenters. The van der Waals surface area contributed by atoms with Crippen molar-refractivity contribution >= 4 is 17.5 Å². The van der Waals surface area contributed by atoms with Crippen molar-refractivity contribution < 1.29 is 9.59 Å². The number of hydrogen-bond donors (Lipinski definition) is 2. The largest absolute Gasteiger partial charge is 0.348 e. The molecule has 0 spiro atoms. The third kappa shape index (κ3) is 4.55. The van der Waals surface area contributed by atoms with Crippen molar-refractivity contribution in [1.29, 1.82) is 0 Å². The average Bonchev–Trinajstić information content (AvgIpc) is 2.55. The highest BCUT2D eigenvalue weighted by atomic mass is 16.2. The van der Waals surface area contributed by atoms with Gasteiger partial charge in [0.05, 0.1) is 0 Å². The number of amides is 2. The van der Waals surface area contributed by atoms with Crippen LogP contribution >= 0.6 is 0 Å². The van der Waals surface area contributed by atoms with Gasteiger partial charge in [-0.15, -0.1) is 0 Å². The van der Waals surface area contributed by atoms with Gasteiger partial charge in [-0.1, -0.05) is 26.0 Å². The molecule has 0 saturated carbocycles. The topological polar surface area (TPSA) is 80.2 Å². The standard InChI is InChI=1S/C18H21N3O3/c1-12(2)17(23)20-15-6-4-5-13(9-15)11-19-18(24)14-7-8-21(3)16(22)10-14/h4-10,12H,11H2,1-3H3,(H,19,24)(H,20,23). The molecule has 2 amide bonds. The SMILES string of the molecule is CC(C)C(=O)Nc1cccc(CNC(=O)c2ccn(C)c(=O)c2)c1. The lowest BCUT2D eigenvalue weighted by molar-refractivity contribution is -0.118. The molecule has 1 aromatic carbocycles. The second-order valence-electron chi connectivity index (χ2n) is 5.89. The fraction of sp³-hybridized carbons (Fsp3) is 0.278. The number of carbonyl (C=O) groups is 2. The molecule has 1 aromatic heterocycles. The van der Waals surface area contributed by atoms with E-state index in [1.807, 2.05) is 32.0 Å². The van der Waals surface area contributed by atoms with E-state index in [0.717, 1.165) is 5.56 Å². The zero-order chi connectivity index (χ0) is 17.7. The van der Waals surface area contributed by atoms with Crippen molar-refractivity contribution in [2.45, 2.75) is 20.4 Å². The van der Waals surface area contributed by atoms with Crippen LogP contribution in [-0.4, -0.2) is 16.4 Å². The summed E-state index contributed by atoms with van der Waals surface area (Å²) in [6.07, 6.45) is 1.55. The van der Waals surface area contributed by atoms with Crippen LogP contribution < -0.4 is 16.2 Å². The zero-order valence-electron chi connectivity index (χ0n) is 14.0. The summed E-state index contributed by atoms with van der Waals surface area (Å²) < 4.78 is 1.40. The number of aromatic nitrogens is 1. The van der Waals surface area contributed by atoms with Gasteiger partial charge in [0.2, 0.25) is 5.91 Å². The Morgan fingerprint density at radius 2 is 1.92 bits per heavy atom. The monoisotopic (exact) mass is 327 g/mol. The van der Waals surface area contributed by atoms with Crippen LogP contribution in [-0.2, 0) is 18.4 Å². The highest BCUT2D eigenvalue weighted by molar-refractivity contribution is 5.94. The van der Waals surface area contributed by atoms with E-state index >= 15 is 0 Å². The van der Waals surface area contributed by atoms with Gasteiger partial charge in [-0.25, -0.2) is 0 Å². The predicted molar refractivity (Wildman–Crippen MR) is 92.8 cm³/mol. The van der Waals surface area contributed by atoms with E-state index in [1.54, 1.807) is 25.4 Å². The summed E-state index contributed by atoms with van der Waals surface area (Å²) in [4.78, 5) is 35.4. The molecule has 24 heavy (non-hydrogen) atoms. The van der Waals surface area contributed by atoms with Crippen LogP contribution in [0.2, 0.25) is 0 Å². The molecule has 0 saturated heterocycles. The molecule has 0 unspecified atom stereocenters. The Hall–Kier alpha value is -2.89. The van der Waals surface area contributed by atoms with E-state index < -0.39 is 0 Å². The summed E-state index contributed by atoms with van der Waals surface area (Å²) >= 11 is 0. The predicted octanol–water partition coefficient (Wildman–Crippen LogP) is 1.91. The Morgan fingerprint density at radius 3 is 2.58 bits per heavy atom. The number of benzene rings is 1. The number of hydrogen-bond acceptors (Lipinski definition) is 3. The first-order valence-electron chi connectivity index (χ1n) is 7.71. The molecule has 0 fully saturated rings. The van der Waals surface area contributed by atoms with E-state index in [-0.39, 0.29) is 23.3 Å². The number of aryl methyl sites for hydroxylation is 1. The molecule has 6 heteroatoms. The maximum Gasteiger partial charge on any atom is 0.251 e. The lowest BCUT2D eigenvalue weighted by Gasteiger charge is -2.10. The van der Waals surface area contributed by atoms with E-state index in [2.05, 4.69) is 10.6 Å². The van der Waals surface area contributed by atoms with Crippen LogP contribution in [0.3, 0.4) is 0 Å². The third-order valence-corrected chi connectivity index (χ3v) is 3.54. The summed E-state index contributed by atoms with van der Waals surface area (Å²) in [6, 6.07) is 10.2. The van der Waals surface area contributed by atoms with Gasteiger partial charge < -0.3 is 15.2 Å². The van der Waals surface area contributed by atoms with Gasteiger partial charge in [-0.3, -0.25) is 14.4 Å². The fourth-order valence-corrected chi connectivity index (χ4v) is 2.02. The summed E-state index contributed by atoms with van der Waals surface area (Å²) in [5, 5.41) is 5.58. The van der Waals surface area contributed by atoms with Crippen LogP contribution in [0.4, 0.5) is 5.69 Å². The molecule has 2 N–H and O–H groups in total. The number of anilines is 1. The van der Waals surface area contributed by atoms with Crippen molar-refractivity contribution in [3.8, 4) is 0 Å². The first kappa shape index (κ1) is 17.5. The Bertz CT molecular complexity index is 809. The molecule has 1 heterocycles. The molecular formula is C18H21N3O3. The highest BCUT2D eigenvalue weighted by Gasteiger charge is 2.09. The fourth-order valence-electron chi connectivity index (χ4n) is 2.02. The van der Waals surface area contributed by atoms with Gasteiger partial charge in [0.15, 0.2) is 0 Å². The quantitative estimate of drug-likeness (QED) is 0.880. The van der Waals surface area contributed by atoms with Gasteiger partial charge >= 0.3 is 0 Å². The molecule has 0 aliphatic carbocycles. The van der Waals surface area contributed by atoms with Crippen molar-refractivity contribution in [1.82, 2.24) is 9.88 Å². The molecule has 0 aliphatic heterocycles. The first-order chi connectivity index (χ1) is 11.4. The highest BCUT2D eigenvalue weighted by Crippen LogP contribution is 2.12. The summed E-state index contributed by atoms with van der Waals surface area (Å²) in [5.74, 6) is -0.477. The van der Waals surface area contributed by atoms with Crippen LogP contribution in [0.15, 0.2) is 47.4 Å². The van der Waals surface area contributed by atoms with E-state index in [9.17, 15) is 14.4 Å². The summed E-state index contributed by atoms with van der Waals surface area (Å²) in [5.41, 5.74) is 1.63. The molecule has 126 valence electrons. The van der Waals surface area contributed by atoms with Crippen LogP contribution in [0, 0.1) is 5.92 Å². The lowest BCUT2D eigenvalue weighted by Crippen LogP contribution is -2.25. The van der Waals surface area contributed by atoms with Gasteiger partial charge in [0.1, 0.15) is 0 Å². The molecule has 0 bridgehead atoms. The lowest BCUT2D eigenvalue weighted by atomic mass is 10.1. The van der Waals surface area contributed by atoms with Gasteiger partial charge in [-0.05, 0) is 23.8 Å². The maximum absolute atomic E-state index is 12.1. The van der Waals surface area contributed by atoms with Crippen molar-refractivity contribution in [3.05, 3.63) is 64.1 Å². The van der Waals surface area contributed by atoms with Crippen LogP contribution in [0.25, 0.3) is 0 Å². The van der Waals surface area contributed by atoms with Crippen molar-refractivity contribution in [2.24, 2.45) is 13.0 Å². The number of nitrogens with one attached hydrogen (secondary N) is 2. The number of carbonyl (C=O) groups excluding carboxylic acids is 2. The van der Waals surface area contributed by atoms with Gasteiger partial charge in [0, 0.05) is 43.0 Å². The first-order valence-corrected chi connectivity index (χ1v) is 7.71. The van der Waals surface area contributed by atoms with E-state index in [1.165, 1.54) is 10.6 Å². The summed E-state index contributed by atoms with van der Waals surface area (Å²) in [6.45, 7) is 3.95. The Labute approximate surface area is 140 Å². The minimum atomic E-state index is -0.315. The van der Waals surface area contributed by atoms with Gasteiger partial charge in [0.25, 0.3) is 11.5 Å². The normalized spacial score (nSPS) is 10.5. The van der Waals surface area contributed by atoms with E-state index in [0.29, 0.717) is 17.8 Å². The van der Waals surface area contributed by atoms with Crippen LogP contribution in [0.1, 0.15) is 29.8 Å². The van der Waals surface area contributed by atoms with Crippen molar-refractivity contribution in [2.75, 3.05) is 5.32 Å². The molecule has 2 aromatic rings. The molecule has 2 rings (SSSR count). The minimum Gasteiger partial charge on any atom is -0.348 e. The molecular weight excluding hydrogens is 306 g/mol. The molecule has 0 radical (unpaired) electrons. The minimum absolute atomic E-state index is 0.0590. The maximum atomic E-state index is 12.1. The Morgan fingerprint density at radius 1 is 1.17 bits per heavy atom. The second kappa shape index (κ2) is 7.59. The Kier molecular flexibility index (Phi) is 5.52. The summed E-state index contributed by atoms with van der Waals surface area (Å²) in [7, 11) is 1.63. The molecule has 6 nitrogen and oxygen atoms in total. The number of rotatable bonds is 5. The Balaban J connectivity index is 2.01. The smallest absolute Gasteiger partial charge is 0.251 e. The third-order valence-electron chi connectivity index (χ3n) is 3.54. The second-order valence-corrected chi connectivity index (χ2v) is 5.89. The average molecular weight is 327 g/mol. The van der Waals surface area contributed by atoms with Crippen molar-refractivity contribution in [3.63, 3.8) is 0 Å².